The Kier molecular flexibility index (Phi) is 3.86. The molecule has 0 aliphatic heterocycles. The molecule has 3 N–H and O–H groups in total. The average Bonchev–Trinajstić information content (AvgIpc) is 2.14. The van der Waals surface area contributed by atoms with Gasteiger partial charge in [-0.3, -0.25) is 0 Å². The molecule has 0 unspecified atom stereocenters. The molecule has 0 aliphatic carbocycles. The summed E-state index contributed by atoms with van der Waals surface area (Å²) in [7, 11) is 0. The first-order valence-corrected chi connectivity index (χ1v) is 4.43. The second kappa shape index (κ2) is 4.94. The maximum Gasteiger partial charge on any atom is 0.123 e. The molecule has 1 aromatic rings. The van der Waals surface area contributed by atoms with Crippen molar-refractivity contribution in [1.29, 1.82) is 0 Å². The third-order valence-corrected chi connectivity index (χ3v) is 1.94. The molecule has 0 amide bonds. The van der Waals surface area contributed by atoms with E-state index in [2.05, 4.69) is 5.32 Å². The molecule has 0 aliphatic rings. The van der Waals surface area contributed by atoms with Crippen molar-refractivity contribution in [2.75, 3.05) is 13.1 Å². The normalized spacial score (nSPS) is 12.8. The molecule has 0 saturated carbocycles. The zero-order valence-electron chi connectivity index (χ0n) is 7.76. The van der Waals surface area contributed by atoms with Crippen LogP contribution in [0.3, 0.4) is 0 Å². The van der Waals surface area contributed by atoms with Gasteiger partial charge >= 0.3 is 0 Å². The summed E-state index contributed by atoms with van der Waals surface area (Å²) in [6, 6.07) is 6.75. The molecular weight excluding hydrogens is 167 g/mol. The topological polar surface area (TPSA) is 38.0 Å². The van der Waals surface area contributed by atoms with Crippen molar-refractivity contribution in [1.82, 2.24) is 5.32 Å². The highest BCUT2D eigenvalue weighted by Crippen LogP contribution is 2.12. The van der Waals surface area contributed by atoms with Crippen molar-refractivity contribution in [2.24, 2.45) is 5.73 Å². The molecular formula is C10H15FN2. The molecule has 0 bridgehead atoms. The van der Waals surface area contributed by atoms with E-state index in [0.717, 1.165) is 12.1 Å². The fraction of sp³-hybridized carbons (Fsp3) is 0.400. The molecule has 0 fully saturated rings. The molecule has 3 heteroatoms. The molecule has 1 aromatic carbocycles. The van der Waals surface area contributed by atoms with Crippen LogP contribution in [0.5, 0.6) is 0 Å². The number of nitrogens with two attached hydrogens (primary N) is 1. The Balaban J connectivity index is 2.60. The van der Waals surface area contributed by atoms with E-state index in [9.17, 15) is 4.39 Å². The van der Waals surface area contributed by atoms with Gasteiger partial charge in [0.05, 0.1) is 0 Å². The van der Waals surface area contributed by atoms with Gasteiger partial charge in [0.1, 0.15) is 5.82 Å². The van der Waals surface area contributed by atoms with E-state index in [-0.39, 0.29) is 11.9 Å². The van der Waals surface area contributed by atoms with E-state index in [1.165, 1.54) is 12.1 Å². The maximum absolute atomic E-state index is 12.8. The van der Waals surface area contributed by atoms with E-state index >= 15 is 0 Å². The van der Waals surface area contributed by atoms with E-state index in [0.29, 0.717) is 6.54 Å². The van der Waals surface area contributed by atoms with Crippen molar-refractivity contribution < 1.29 is 4.39 Å². The molecule has 0 spiro atoms. The van der Waals surface area contributed by atoms with E-state index in [1.807, 2.05) is 13.0 Å². The SMILES string of the molecule is C[C@H](NCCN)c1cccc(F)c1. The Morgan fingerprint density at radius 2 is 2.31 bits per heavy atom. The molecule has 13 heavy (non-hydrogen) atoms. The summed E-state index contributed by atoms with van der Waals surface area (Å²) in [5.41, 5.74) is 6.30. The van der Waals surface area contributed by atoms with Crippen LogP contribution in [0.2, 0.25) is 0 Å². The second-order valence-corrected chi connectivity index (χ2v) is 3.02. The van der Waals surface area contributed by atoms with Crippen LogP contribution in [0.25, 0.3) is 0 Å². The Morgan fingerprint density at radius 3 is 2.92 bits per heavy atom. The zero-order chi connectivity index (χ0) is 9.68. The summed E-state index contributed by atoms with van der Waals surface area (Å²) < 4.78 is 12.8. The predicted molar refractivity (Wildman–Crippen MR) is 51.9 cm³/mol. The second-order valence-electron chi connectivity index (χ2n) is 3.02. The minimum atomic E-state index is -0.195. The lowest BCUT2D eigenvalue weighted by atomic mass is 10.1. The van der Waals surface area contributed by atoms with Gasteiger partial charge < -0.3 is 11.1 Å². The lowest BCUT2D eigenvalue weighted by molar-refractivity contribution is 0.571. The number of hydrogen-bond acceptors (Lipinski definition) is 2. The van der Waals surface area contributed by atoms with Crippen molar-refractivity contribution in [3.63, 3.8) is 0 Å². The van der Waals surface area contributed by atoms with E-state index < -0.39 is 0 Å². The lowest BCUT2D eigenvalue weighted by Gasteiger charge is -2.13. The third-order valence-electron chi connectivity index (χ3n) is 1.94. The quantitative estimate of drug-likeness (QED) is 0.739. The fourth-order valence-electron chi connectivity index (χ4n) is 1.19. The summed E-state index contributed by atoms with van der Waals surface area (Å²) in [5.74, 6) is -0.195. The van der Waals surface area contributed by atoms with Crippen LogP contribution in [0.4, 0.5) is 4.39 Å². The zero-order valence-corrected chi connectivity index (χ0v) is 7.76. The van der Waals surface area contributed by atoms with Crippen molar-refractivity contribution in [3.05, 3.63) is 35.6 Å². The first-order chi connectivity index (χ1) is 6.24. The lowest BCUT2D eigenvalue weighted by Crippen LogP contribution is -2.25. The minimum Gasteiger partial charge on any atom is -0.329 e. The minimum absolute atomic E-state index is 0.152. The molecule has 1 rings (SSSR count). The van der Waals surface area contributed by atoms with E-state index in [1.54, 1.807) is 6.07 Å². The summed E-state index contributed by atoms with van der Waals surface area (Å²) in [4.78, 5) is 0. The first-order valence-electron chi connectivity index (χ1n) is 4.43. The molecule has 2 nitrogen and oxygen atoms in total. The highest BCUT2D eigenvalue weighted by Gasteiger charge is 2.03. The smallest absolute Gasteiger partial charge is 0.123 e. The summed E-state index contributed by atoms with van der Waals surface area (Å²) in [6.07, 6.45) is 0. The summed E-state index contributed by atoms with van der Waals surface area (Å²) >= 11 is 0. The Hall–Kier alpha value is -0.930. The highest BCUT2D eigenvalue weighted by atomic mass is 19.1. The van der Waals surface area contributed by atoms with Gasteiger partial charge in [0, 0.05) is 19.1 Å². The van der Waals surface area contributed by atoms with Gasteiger partial charge in [-0.1, -0.05) is 12.1 Å². The van der Waals surface area contributed by atoms with Crippen molar-refractivity contribution in [3.8, 4) is 0 Å². The number of hydrogen-bond donors (Lipinski definition) is 2. The van der Waals surface area contributed by atoms with Gasteiger partial charge in [-0.2, -0.15) is 0 Å². The highest BCUT2D eigenvalue weighted by molar-refractivity contribution is 5.19. The standard InChI is InChI=1S/C10H15FN2/c1-8(13-6-5-12)9-3-2-4-10(11)7-9/h2-4,7-8,13H,5-6,12H2,1H3/t8-/m0/s1. The molecule has 0 saturated heterocycles. The number of rotatable bonds is 4. The molecule has 0 heterocycles. The molecule has 0 radical (unpaired) electrons. The van der Waals surface area contributed by atoms with Gasteiger partial charge in [-0.15, -0.1) is 0 Å². The Morgan fingerprint density at radius 1 is 1.54 bits per heavy atom. The van der Waals surface area contributed by atoms with Gasteiger partial charge in [-0.05, 0) is 24.6 Å². The number of nitrogens with one attached hydrogen (secondary N) is 1. The van der Waals surface area contributed by atoms with Crippen molar-refractivity contribution in [2.45, 2.75) is 13.0 Å². The van der Waals surface area contributed by atoms with Crippen LogP contribution >= 0.6 is 0 Å². The van der Waals surface area contributed by atoms with Crippen LogP contribution in [0.1, 0.15) is 18.5 Å². The first kappa shape index (κ1) is 10.2. The van der Waals surface area contributed by atoms with Crippen LogP contribution < -0.4 is 11.1 Å². The third kappa shape index (κ3) is 3.13. The fourth-order valence-corrected chi connectivity index (χ4v) is 1.19. The number of halogens is 1. The maximum atomic E-state index is 12.8. The van der Waals surface area contributed by atoms with Crippen LogP contribution in [-0.4, -0.2) is 13.1 Å². The monoisotopic (exact) mass is 182 g/mol. The molecule has 0 aromatic heterocycles. The Labute approximate surface area is 77.9 Å². The summed E-state index contributed by atoms with van der Waals surface area (Å²) in [5, 5.41) is 3.18. The Bertz CT molecular complexity index is 263. The average molecular weight is 182 g/mol. The predicted octanol–water partition coefficient (Wildman–Crippen LogP) is 1.43. The molecule has 1 atom stereocenters. The van der Waals surface area contributed by atoms with Crippen LogP contribution in [0, 0.1) is 5.82 Å². The van der Waals surface area contributed by atoms with Gasteiger partial charge in [-0.25, -0.2) is 4.39 Å². The molecule has 72 valence electrons. The van der Waals surface area contributed by atoms with E-state index in [4.69, 9.17) is 5.73 Å². The van der Waals surface area contributed by atoms with Gasteiger partial charge in [0.2, 0.25) is 0 Å². The van der Waals surface area contributed by atoms with Crippen LogP contribution in [0.15, 0.2) is 24.3 Å². The summed E-state index contributed by atoms with van der Waals surface area (Å²) in [6.45, 7) is 3.34. The van der Waals surface area contributed by atoms with Crippen molar-refractivity contribution >= 4 is 0 Å². The van der Waals surface area contributed by atoms with Gasteiger partial charge in [0.25, 0.3) is 0 Å². The van der Waals surface area contributed by atoms with Crippen LogP contribution in [-0.2, 0) is 0 Å². The number of benzene rings is 1. The largest absolute Gasteiger partial charge is 0.329 e. The van der Waals surface area contributed by atoms with Gasteiger partial charge in [0.15, 0.2) is 0 Å².